The Labute approximate surface area is 194 Å². The van der Waals surface area contributed by atoms with E-state index in [4.69, 9.17) is 9.84 Å². The number of nitrogens with zero attached hydrogens (tertiary/aromatic N) is 4. The maximum atomic E-state index is 13.2. The Kier molecular flexibility index (Phi) is 6.37. The fourth-order valence-corrected chi connectivity index (χ4v) is 4.97. The number of hydrogen-bond acceptors (Lipinski definition) is 5. The van der Waals surface area contributed by atoms with Crippen molar-refractivity contribution in [2.24, 2.45) is 0 Å². The standard InChI is InChI=1S/C25H30N6O2/c1-33-14-13-30-16-21(18-7-3-2-4-8-18)23(17-30)27-25(32)28-24-20-10-5-11-22(20)29-31(24)19-9-6-12-26-15-19/h2-4,6-9,12,15,21,23H,5,10-11,13-14,16-17H2,1H3,(H2,27,28,32)/t21?,23-/m1/s1. The van der Waals surface area contributed by atoms with E-state index in [9.17, 15) is 4.79 Å². The summed E-state index contributed by atoms with van der Waals surface area (Å²) in [4.78, 5) is 19.8. The minimum atomic E-state index is -0.200. The quantitative estimate of drug-likeness (QED) is 0.583. The van der Waals surface area contributed by atoms with E-state index in [1.54, 1.807) is 19.5 Å². The second-order valence-corrected chi connectivity index (χ2v) is 8.72. The van der Waals surface area contributed by atoms with Gasteiger partial charge in [-0.1, -0.05) is 30.3 Å². The summed E-state index contributed by atoms with van der Waals surface area (Å²) in [6, 6.07) is 14.1. The molecule has 8 nitrogen and oxygen atoms in total. The van der Waals surface area contributed by atoms with Crippen molar-refractivity contribution in [3.8, 4) is 5.69 Å². The number of ether oxygens (including phenoxy) is 1. The second-order valence-electron chi connectivity index (χ2n) is 8.72. The first kappa shape index (κ1) is 21.6. The van der Waals surface area contributed by atoms with Crippen LogP contribution in [0.1, 0.15) is 29.2 Å². The summed E-state index contributed by atoms with van der Waals surface area (Å²) in [5.74, 6) is 0.973. The van der Waals surface area contributed by atoms with Crippen LogP contribution in [0.3, 0.4) is 0 Å². The number of fused-ring (bicyclic) bond motifs is 1. The molecule has 1 fully saturated rings. The molecule has 0 saturated carbocycles. The van der Waals surface area contributed by atoms with Crippen LogP contribution in [0.15, 0.2) is 54.9 Å². The predicted octanol–water partition coefficient (Wildman–Crippen LogP) is 2.99. The van der Waals surface area contributed by atoms with Gasteiger partial charge in [-0.15, -0.1) is 0 Å². The molecular weight excluding hydrogens is 416 g/mol. The van der Waals surface area contributed by atoms with E-state index in [0.29, 0.717) is 6.61 Å². The van der Waals surface area contributed by atoms with Crippen molar-refractivity contribution in [3.63, 3.8) is 0 Å². The molecule has 172 valence electrons. The van der Waals surface area contributed by atoms with Gasteiger partial charge in [-0.2, -0.15) is 5.10 Å². The third-order valence-corrected chi connectivity index (χ3v) is 6.58. The number of aromatic nitrogens is 3. The Hall–Kier alpha value is -3.23. The van der Waals surface area contributed by atoms with E-state index in [1.807, 2.05) is 22.9 Å². The van der Waals surface area contributed by atoms with Gasteiger partial charge in [0.2, 0.25) is 0 Å². The Morgan fingerprint density at radius 2 is 2.03 bits per heavy atom. The lowest BCUT2D eigenvalue weighted by molar-refractivity contribution is 0.159. The third kappa shape index (κ3) is 4.62. The summed E-state index contributed by atoms with van der Waals surface area (Å²) in [6.07, 6.45) is 6.42. The summed E-state index contributed by atoms with van der Waals surface area (Å²) < 4.78 is 7.08. The van der Waals surface area contributed by atoms with Crippen LogP contribution in [-0.4, -0.2) is 65.1 Å². The van der Waals surface area contributed by atoms with Gasteiger partial charge in [-0.3, -0.25) is 15.2 Å². The number of urea groups is 1. The summed E-state index contributed by atoms with van der Waals surface area (Å²) >= 11 is 0. The summed E-state index contributed by atoms with van der Waals surface area (Å²) in [7, 11) is 1.72. The topological polar surface area (TPSA) is 84.3 Å². The SMILES string of the molecule is COCCN1CC(c2ccccc2)[C@H](NC(=O)Nc2c3c(nn2-c2cccnc2)CCC3)C1. The molecule has 1 saturated heterocycles. The number of amides is 2. The molecule has 1 aromatic carbocycles. The lowest BCUT2D eigenvalue weighted by Crippen LogP contribution is -2.42. The molecule has 0 bridgehead atoms. The minimum Gasteiger partial charge on any atom is -0.383 e. The monoisotopic (exact) mass is 446 g/mol. The Morgan fingerprint density at radius 1 is 1.15 bits per heavy atom. The Morgan fingerprint density at radius 3 is 2.82 bits per heavy atom. The van der Waals surface area contributed by atoms with Crippen molar-refractivity contribution in [1.29, 1.82) is 0 Å². The highest BCUT2D eigenvalue weighted by Crippen LogP contribution is 2.31. The number of benzene rings is 1. The van der Waals surface area contributed by atoms with Gasteiger partial charge in [-0.25, -0.2) is 9.48 Å². The largest absolute Gasteiger partial charge is 0.383 e. The number of nitrogens with one attached hydrogen (secondary N) is 2. The molecule has 3 aromatic rings. The van der Waals surface area contributed by atoms with Crippen molar-refractivity contribution < 1.29 is 9.53 Å². The molecule has 3 heterocycles. The number of methoxy groups -OCH3 is 1. The molecule has 33 heavy (non-hydrogen) atoms. The van der Waals surface area contributed by atoms with Crippen LogP contribution in [0, 0.1) is 0 Å². The minimum absolute atomic E-state index is 0.00654. The average molecular weight is 447 g/mol. The number of hydrogen-bond donors (Lipinski definition) is 2. The number of pyridine rings is 1. The Bertz CT molecular complexity index is 1090. The number of carbonyl (C=O) groups is 1. The smallest absolute Gasteiger partial charge is 0.320 e. The van der Waals surface area contributed by atoms with Crippen molar-refractivity contribution in [2.75, 3.05) is 38.7 Å². The van der Waals surface area contributed by atoms with Gasteiger partial charge in [0, 0.05) is 44.4 Å². The highest BCUT2D eigenvalue weighted by atomic mass is 16.5. The molecule has 0 spiro atoms. The number of carbonyl (C=O) groups excluding carboxylic acids is 1. The van der Waals surface area contributed by atoms with Gasteiger partial charge in [0.1, 0.15) is 5.82 Å². The summed E-state index contributed by atoms with van der Waals surface area (Å²) in [5, 5.41) is 11.1. The number of anilines is 1. The normalized spacial score (nSPS) is 20.0. The zero-order valence-corrected chi connectivity index (χ0v) is 18.9. The second kappa shape index (κ2) is 9.72. The van der Waals surface area contributed by atoms with Crippen LogP contribution in [-0.2, 0) is 17.6 Å². The zero-order valence-electron chi connectivity index (χ0n) is 18.9. The maximum Gasteiger partial charge on any atom is 0.320 e. The third-order valence-electron chi connectivity index (χ3n) is 6.58. The molecule has 0 radical (unpaired) electrons. The van der Waals surface area contributed by atoms with Crippen LogP contribution >= 0.6 is 0 Å². The molecule has 2 atom stereocenters. The van der Waals surface area contributed by atoms with Crippen LogP contribution < -0.4 is 10.6 Å². The van der Waals surface area contributed by atoms with Crippen LogP contribution in [0.2, 0.25) is 0 Å². The van der Waals surface area contributed by atoms with Crippen molar-refractivity contribution in [1.82, 2.24) is 25.0 Å². The van der Waals surface area contributed by atoms with Gasteiger partial charge in [0.05, 0.1) is 30.2 Å². The van der Waals surface area contributed by atoms with E-state index in [1.165, 1.54) is 5.56 Å². The zero-order chi connectivity index (χ0) is 22.6. The lowest BCUT2D eigenvalue weighted by Gasteiger charge is -2.21. The van der Waals surface area contributed by atoms with E-state index in [-0.39, 0.29) is 18.0 Å². The molecule has 1 aliphatic carbocycles. The molecule has 2 amide bonds. The van der Waals surface area contributed by atoms with Gasteiger partial charge >= 0.3 is 6.03 Å². The number of aryl methyl sites for hydroxylation is 1. The van der Waals surface area contributed by atoms with Gasteiger partial charge < -0.3 is 10.1 Å². The van der Waals surface area contributed by atoms with Crippen LogP contribution in [0.25, 0.3) is 5.69 Å². The lowest BCUT2D eigenvalue weighted by atomic mass is 9.94. The fourth-order valence-electron chi connectivity index (χ4n) is 4.97. The van der Waals surface area contributed by atoms with Crippen LogP contribution in [0.5, 0.6) is 0 Å². The Balaban J connectivity index is 1.35. The van der Waals surface area contributed by atoms with Gasteiger partial charge in [0.25, 0.3) is 0 Å². The number of rotatable bonds is 7. The summed E-state index contributed by atoms with van der Waals surface area (Å²) in [6.45, 7) is 3.20. The summed E-state index contributed by atoms with van der Waals surface area (Å²) in [5.41, 5.74) is 4.27. The van der Waals surface area contributed by atoms with E-state index < -0.39 is 0 Å². The number of likely N-dealkylation sites (tertiary alicyclic amines) is 1. The van der Waals surface area contributed by atoms with E-state index >= 15 is 0 Å². The van der Waals surface area contributed by atoms with Gasteiger partial charge in [-0.05, 0) is 37.0 Å². The predicted molar refractivity (Wildman–Crippen MR) is 127 cm³/mol. The molecule has 1 aliphatic heterocycles. The first-order valence-corrected chi connectivity index (χ1v) is 11.6. The fraction of sp³-hybridized carbons (Fsp3) is 0.400. The van der Waals surface area contributed by atoms with Crippen LogP contribution in [0.4, 0.5) is 10.6 Å². The molecular formula is C25H30N6O2. The highest BCUT2D eigenvalue weighted by Gasteiger charge is 2.35. The van der Waals surface area contributed by atoms with E-state index in [0.717, 1.165) is 61.7 Å². The van der Waals surface area contributed by atoms with Crippen molar-refractivity contribution >= 4 is 11.8 Å². The van der Waals surface area contributed by atoms with Gasteiger partial charge in [0.15, 0.2) is 0 Å². The van der Waals surface area contributed by atoms with Crippen molar-refractivity contribution in [2.45, 2.75) is 31.2 Å². The molecule has 2 aromatic heterocycles. The average Bonchev–Trinajstić information content (AvgIpc) is 3.55. The maximum absolute atomic E-state index is 13.2. The molecule has 1 unspecified atom stereocenters. The first-order valence-electron chi connectivity index (χ1n) is 11.6. The first-order chi connectivity index (χ1) is 16.2. The molecule has 2 N–H and O–H groups in total. The molecule has 8 heteroatoms. The highest BCUT2D eigenvalue weighted by molar-refractivity contribution is 5.90. The molecule has 5 rings (SSSR count). The van der Waals surface area contributed by atoms with E-state index in [2.05, 4.69) is 44.8 Å². The molecule has 2 aliphatic rings. The van der Waals surface area contributed by atoms with Crippen molar-refractivity contribution in [3.05, 3.63) is 71.7 Å².